The predicted octanol–water partition coefficient (Wildman–Crippen LogP) is 4.29. The summed E-state index contributed by atoms with van der Waals surface area (Å²) in [5, 5.41) is 1.11. The van der Waals surface area contributed by atoms with E-state index in [4.69, 9.17) is 33.7 Å². The average Bonchev–Trinajstić information content (AvgIpc) is 2.35. The predicted molar refractivity (Wildman–Crippen MR) is 75.7 cm³/mol. The maximum absolute atomic E-state index is 6.16. The van der Waals surface area contributed by atoms with Gasteiger partial charge >= 0.3 is 0 Å². The van der Waals surface area contributed by atoms with Crippen LogP contribution in [0.4, 0.5) is 0 Å². The van der Waals surface area contributed by atoms with E-state index in [1.807, 2.05) is 30.3 Å². The van der Waals surface area contributed by atoms with Crippen LogP contribution in [0.1, 0.15) is 5.56 Å². The number of rotatable bonds is 4. The lowest BCUT2D eigenvalue weighted by atomic mass is 10.1. The van der Waals surface area contributed by atoms with Gasteiger partial charge in [-0.3, -0.25) is 0 Å². The highest BCUT2D eigenvalue weighted by Crippen LogP contribution is 2.33. The minimum atomic E-state index is 0.555. The lowest BCUT2D eigenvalue weighted by Crippen LogP contribution is -2.02. The van der Waals surface area contributed by atoms with E-state index in [9.17, 15) is 0 Å². The highest BCUT2D eigenvalue weighted by molar-refractivity contribution is 6.32. The molecular formula is C14H13Cl2NO. The monoisotopic (exact) mass is 281 g/mol. The minimum absolute atomic E-state index is 0.555. The van der Waals surface area contributed by atoms with E-state index in [1.54, 1.807) is 12.1 Å². The third-order valence-corrected chi connectivity index (χ3v) is 3.09. The third kappa shape index (κ3) is 3.16. The molecule has 2 aromatic carbocycles. The summed E-state index contributed by atoms with van der Waals surface area (Å²) in [5.41, 5.74) is 6.59. The summed E-state index contributed by atoms with van der Waals surface area (Å²) in [5.74, 6) is 1.18. The lowest BCUT2D eigenvalue weighted by molar-refractivity contribution is 0.483. The number of benzene rings is 2. The second kappa shape index (κ2) is 6.10. The molecule has 0 saturated heterocycles. The Labute approximate surface area is 116 Å². The van der Waals surface area contributed by atoms with Crippen molar-refractivity contribution in [2.45, 2.75) is 6.42 Å². The quantitative estimate of drug-likeness (QED) is 0.908. The summed E-state index contributed by atoms with van der Waals surface area (Å²) in [7, 11) is 0. The van der Waals surface area contributed by atoms with Crippen LogP contribution in [-0.4, -0.2) is 6.54 Å². The van der Waals surface area contributed by atoms with Gasteiger partial charge in [0.05, 0.1) is 10.0 Å². The fraction of sp³-hybridized carbons (Fsp3) is 0.143. The molecule has 0 aliphatic heterocycles. The normalized spacial score (nSPS) is 10.4. The Kier molecular flexibility index (Phi) is 4.48. The summed E-state index contributed by atoms with van der Waals surface area (Å²) in [6.07, 6.45) is 0.798. The zero-order chi connectivity index (χ0) is 13.0. The van der Waals surface area contributed by atoms with Gasteiger partial charge in [-0.15, -0.1) is 0 Å². The first-order valence-corrected chi connectivity index (χ1v) is 6.37. The fourth-order valence-electron chi connectivity index (χ4n) is 1.60. The van der Waals surface area contributed by atoms with E-state index in [2.05, 4.69) is 0 Å². The second-order valence-corrected chi connectivity index (χ2v) is 4.65. The van der Waals surface area contributed by atoms with Crippen molar-refractivity contribution in [1.82, 2.24) is 0 Å². The van der Waals surface area contributed by atoms with E-state index in [0.29, 0.717) is 28.1 Å². The topological polar surface area (TPSA) is 35.2 Å². The molecule has 0 aromatic heterocycles. The van der Waals surface area contributed by atoms with Gasteiger partial charge in [0.2, 0.25) is 0 Å². The first kappa shape index (κ1) is 13.2. The van der Waals surface area contributed by atoms with Gasteiger partial charge in [-0.25, -0.2) is 0 Å². The molecule has 2 N–H and O–H groups in total. The molecule has 0 atom stereocenters. The summed E-state index contributed by atoms with van der Waals surface area (Å²) < 4.78 is 5.68. The maximum atomic E-state index is 6.16. The van der Waals surface area contributed by atoms with Crippen molar-refractivity contribution in [2.24, 2.45) is 5.73 Å². The first-order valence-electron chi connectivity index (χ1n) is 5.61. The number of halogens is 2. The van der Waals surface area contributed by atoms with Gasteiger partial charge in [-0.05, 0) is 42.8 Å². The number of hydrogen-bond donors (Lipinski definition) is 1. The molecule has 0 aliphatic rings. The molecule has 2 nitrogen and oxygen atoms in total. The van der Waals surface area contributed by atoms with Crippen molar-refractivity contribution in [3.63, 3.8) is 0 Å². The summed E-state index contributed by atoms with van der Waals surface area (Å²) in [6, 6.07) is 12.9. The van der Waals surface area contributed by atoms with Crippen LogP contribution < -0.4 is 10.5 Å². The number of para-hydroxylation sites is 1. The Morgan fingerprint density at radius 1 is 0.944 bits per heavy atom. The molecule has 4 heteroatoms. The molecule has 2 aromatic rings. The molecule has 0 unspecified atom stereocenters. The summed E-state index contributed by atoms with van der Waals surface area (Å²) >= 11 is 12.2. The van der Waals surface area contributed by atoms with E-state index < -0.39 is 0 Å². The zero-order valence-corrected chi connectivity index (χ0v) is 11.2. The van der Waals surface area contributed by atoms with Crippen molar-refractivity contribution in [1.29, 1.82) is 0 Å². The molecular weight excluding hydrogens is 269 g/mol. The first-order chi connectivity index (χ1) is 8.70. The molecule has 0 bridgehead atoms. The van der Waals surface area contributed by atoms with Crippen LogP contribution in [0, 0.1) is 0 Å². The molecule has 0 radical (unpaired) electrons. The van der Waals surface area contributed by atoms with E-state index >= 15 is 0 Å². The average molecular weight is 282 g/mol. The van der Waals surface area contributed by atoms with E-state index in [1.165, 1.54) is 0 Å². The fourth-order valence-corrected chi connectivity index (χ4v) is 2.01. The molecule has 0 aliphatic carbocycles. The standard InChI is InChI=1S/C14H13Cl2NO/c15-11-3-1-2-4-13(11)18-14-6-5-10(7-8-17)9-12(14)16/h1-6,9H,7-8,17H2. The van der Waals surface area contributed by atoms with Crippen LogP contribution in [0.3, 0.4) is 0 Å². The Morgan fingerprint density at radius 2 is 1.67 bits per heavy atom. The second-order valence-electron chi connectivity index (χ2n) is 3.84. The zero-order valence-electron chi connectivity index (χ0n) is 9.70. The van der Waals surface area contributed by atoms with Crippen LogP contribution in [0.25, 0.3) is 0 Å². The van der Waals surface area contributed by atoms with Crippen molar-refractivity contribution in [2.75, 3.05) is 6.54 Å². The van der Waals surface area contributed by atoms with Crippen LogP contribution in [0.5, 0.6) is 11.5 Å². The Morgan fingerprint density at radius 3 is 2.33 bits per heavy atom. The maximum Gasteiger partial charge on any atom is 0.146 e. The lowest BCUT2D eigenvalue weighted by Gasteiger charge is -2.10. The van der Waals surface area contributed by atoms with Crippen LogP contribution in [0.15, 0.2) is 42.5 Å². The number of ether oxygens (including phenoxy) is 1. The van der Waals surface area contributed by atoms with Gasteiger partial charge in [-0.1, -0.05) is 41.4 Å². The highest BCUT2D eigenvalue weighted by atomic mass is 35.5. The SMILES string of the molecule is NCCc1ccc(Oc2ccccc2Cl)c(Cl)c1. The van der Waals surface area contributed by atoms with Crippen molar-refractivity contribution >= 4 is 23.2 Å². The molecule has 94 valence electrons. The molecule has 2 rings (SSSR count). The Balaban J connectivity index is 2.22. The molecule has 0 heterocycles. The largest absolute Gasteiger partial charge is 0.454 e. The van der Waals surface area contributed by atoms with Gasteiger partial charge < -0.3 is 10.5 Å². The van der Waals surface area contributed by atoms with Crippen LogP contribution in [-0.2, 0) is 6.42 Å². The Hall–Kier alpha value is -1.22. The molecule has 0 fully saturated rings. The summed E-state index contributed by atoms with van der Waals surface area (Å²) in [6.45, 7) is 0.598. The Bertz CT molecular complexity index is 543. The van der Waals surface area contributed by atoms with E-state index in [0.717, 1.165) is 12.0 Å². The van der Waals surface area contributed by atoms with Gasteiger partial charge in [-0.2, -0.15) is 0 Å². The van der Waals surface area contributed by atoms with Gasteiger partial charge in [0.1, 0.15) is 11.5 Å². The van der Waals surface area contributed by atoms with Crippen LogP contribution >= 0.6 is 23.2 Å². The molecule has 0 spiro atoms. The van der Waals surface area contributed by atoms with Crippen molar-refractivity contribution < 1.29 is 4.74 Å². The van der Waals surface area contributed by atoms with Gasteiger partial charge in [0.25, 0.3) is 0 Å². The van der Waals surface area contributed by atoms with Crippen molar-refractivity contribution in [3.05, 3.63) is 58.1 Å². The number of hydrogen-bond acceptors (Lipinski definition) is 2. The molecule has 0 amide bonds. The van der Waals surface area contributed by atoms with E-state index in [-0.39, 0.29) is 0 Å². The molecule has 0 saturated carbocycles. The minimum Gasteiger partial charge on any atom is -0.454 e. The molecule has 18 heavy (non-hydrogen) atoms. The van der Waals surface area contributed by atoms with Gasteiger partial charge in [0.15, 0.2) is 0 Å². The number of nitrogens with two attached hydrogens (primary N) is 1. The van der Waals surface area contributed by atoms with Gasteiger partial charge in [0, 0.05) is 0 Å². The smallest absolute Gasteiger partial charge is 0.146 e. The summed E-state index contributed by atoms with van der Waals surface area (Å²) in [4.78, 5) is 0. The van der Waals surface area contributed by atoms with Crippen molar-refractivity contribution in [3.8, 4) is 11.5 Å². The van der Waals surface area contributed by atoms with Crippen LogP contribution in [0.2, 0.25) is 10.0 Å². The highest BCUT2D eigenvalue weighted by Gasteiger charge is 2.06. The third-order valence-electron chi connectivity index (χ3n) is 2.49.